The second-order valence-electron chi connectivity index (χ2n) is 4.59. The van der Waals surface area contributed by atoms with Gasteiger partial charge in [-0.05, 0) is 47.0 Å². The monoisotopic (exact) mass is 382 g/mol. The molecule has 0 unspecified atom stereocenters. The van der Waals surface area contributed by atoms with E-state index in [9.17, 15) is 18.0 Å². The minimum Gasteiger partial charge on any atom is -0.405 e. The van der Waals surface area contributed by atoms with Crippen molar-refractivity contribution in [3.8, 4) is 5.75 Å². The molecule has 0 saturated heterocycles. The van der Waals surface area contributed by atoms with Crippen molar-refractivity contribution in [2.24, 2.45) is 11.1 Å². The van der Waals surface area contributed by atoms with Crippen molar-refractivity contribution in [2.45, 2.75) is 19.2 Å². The molecule has 0 atom stereocenters. The SMILES string of the molecule is NC(=S)C1(C(=O)Nc2ccc(OC(F)(F)F)c(Br)c2)CC1. The number of rotatable bonds is 4. The van der Waals surface area contributed by atoms with Crippen LogP contribution in [-0.2, 0) is 4.79 Å². The predicted octanol–water partition coefficient (Wildman–Crippen LogP) is 3.35. The summed E-state index contributed by atoms with van der Waals surface area (Å²) in [6.45, 7) is 0. The van der Waals surface area contributed by atoms with Gasteiger partial charge in [0.05, 0.1) is 14.9 Å². The number of alkyl halides is 3. The summed E-state index contributed by atoms with van der Waals surface area (Å²) < 4.78 is 40.3. The highest BCUT2D eigenvalue weighted by Gasteiger charge is 2.52. The van der Waals surface area contributed by atoms with Crippen LogP contribution in [0.25, 0.3) is 0 Å². The zero-order chi connectivity index (χ0) is 15.8. The maximum absolute atomic E-state index is 12.1. The van der Waals surface area contributed by atoms with Crippen molar-refractivity contribution in [2.75, 3.05) is 5.32 Å². The Morgan fingerprint density at radius 3 is 2.48 bits per heavy atom. The van der Waals surface area contributed by atoms with Gasteiger partial charge in [-0.1, -0.05) is 12.2 Å². The molecule has 1 amide bonds. The van der Waals surface area contributed by atoms with E-state index in [0.717, 1.165) is 6.07 Å². The van der Waals surface area contributed by atoms with Crippen LogP contribution in [-0.4, -0.2) is 17.3 Å². The fourth-order valence-electron chi connectivity index (χ4n) is 1.75. The molecule has 0 heterocycles. The molecule has 0 radical (unpaired) electrons. The Morgan fingerprint density at radius 2 is 2.05 bits per heavy atom. The van der Waals surface area contributed by atoms with Crippen molar-refractivity contribution in [1.82, 2.24) is 0 Å². The maximum atomic E-state index is 12.1. The fourth-order valence-corrected chi connectivity index (χ4v) is 2.50. The molecule has 1 aliphatic rings. The van der Waals surface area contributed by atoms with E-state index in [4.69, 9.17) is 18.0 Å². The molecule has 21 heavy (non-hydrogen) atoms. The van der Waals surface area contributed by atoms with Crippen LogP contribution in [0.4, 0.5) is 18.9 Å². The molecular weight excluding hydrogens is 373 g/mol. The third kappa shape index (κ3) is 3.65. The van der Waals surface area contributed by atoms with E-state index < -0.39 is 17.5 Å². The lowest BCUT2D eigenvalue weighted by Gasteiger charge is -2.15. The van der Waals surface area contributed by atoms with E-state index >= 15 is 0 Å². The van der Waals surface area contributed by atoms with Gasteiger partial charge in [0.2, 0.25) is 5.91 Å². The number of anilines is 1. The molecule has 3 N–H and O–H groups in total. The van der Waals surface area contributed by atoms with Crippen LogP contribution in [0.5, 0.6) is 5.75 Å². The lowest BCUT2D eigenvalue weighted by atomic mass is 10.1. The number of hydrogen-bond donors (Lipinski definition) is 2. The summed E-state index contributed by atoms with van der Waals surface area (Å²) >= 11 is 7.81. The van der Waals surface area contributed by atoms with Crippen LogP contribution in [0.15, 0.2) is 22.7 Å². The van der Waals surface area contributed by atoms with Gasteiger partial charge in [0.1, 0.15) is 5.75 Å². The van der Waals surface area contributed by atoms with Gasteiger partial charge < -0.3 is 15.8 Å². The molecule has 1 aromatic carbocycles. The smallest absolute Gasteiger partial charge is 0.405 e. The molecule has 4 nitrogen and oxygen atoms in total. The van der Waals surface area contributed by atoms with Crippen molar-refractivity contribution in [3.63, 3.8) is 0 Å². The minimum atomic E-state index is -4.78. The number of amides is 1. The van der Waals surface area contributed by atoms with Crippen molar-refractivity contribution in [3.05, 3.63) is 22.7 Å². The summed E-state index contributed by atoms with van der Waals surface area (Å²) in [6, 6.07) is 3.72. The van der Waals surface area contributed by atoms with Crippen molar-refractivity contribution in [1.29, 1.82) is 0 Å². The van der Waals surface area contributed by atoms with E-state index in [1.54, 1.807) is 0 Å². The van der Waals surface area contributed by atoms with Gasteiger partial charge in [0.15, 0.2) is 0 Å². The average Bonchev–Trinajstić information content (AvgIpc) is 3.12. The number of ether oxygens (including phenoxy) is 1. The van der Waals surface area contributed by atoms with Crippen LogP contribution in [0.2, 0.25) is 0 Å². The van der Waals surface area contributed by atoms with Gasteiger partial charge in [-0.15, -0.1) is 13.2 Å². The van der Waals surface area contributed by atoms with Gasteiger partial charge in [-0.3, -0.25) is 4.79 Å². The number of halogens is 4. The Labute approximate surface area is 132 Å². The van der Waals surface area contributed by atoms with Crippen molar-refractivity contribution >= 4 is 44.7 Å². The highest BCUT2D eigenvalue weighted by molar-refractivity contribution is 9.10. The third-order valence-corrected chi connectivity index (χ3v) is 4.08. The summed E-state index contributed by atoms with van der Waals surface area (Å²) in [5, 5.41) is 2.58. The van der Waals surface area contributed by atoms with Gasteiger partial charge in [-0.2, -0.15) is 0 Å². The third-order valence-electron chi connectivity index (χ3n) is 3.07. The fraction of sp³-hybridized carbons (Fsp3) is 0.333. The lowest BCUT2D eigenvalue weighted by molar-refractivity contribution is -0.274. The molecule has 1 aromatic rings. The number of hydrogen-bond acceptors (Lipinski definition) is 3. The van der Waals surface area contributed by atoms with Crippen LogP contribution in [0.3, 0.4) is 0 Å². The van der Waals surface area contributed by atoms with Gasteiger partial charge in [0.25, 0.3) is 0 Å². The van der Waals surface area contributed by atoms with E-state index in [-0.39, 0.29) is 15.4 Å². The quantitative estimate of drug-likeness (QED) is 0.783. The first-order valence-electron chi connectivity index (χ1n) is 5.81. The topological polar surface area (TPSA) is 64.4 Å². The number of carbonyl (C=O) groups excluding carboxylic acids is 1. The highest BCUT2D eigenvalue weighted by atomic mass is 79.9. The lowest BCUT2D eigenvalue weighted by Crippen LogP contribution is -2.35. The number of thiocarbonyl (C=S) groups is 1. The number of nitrogens with two attached hydrogens (primary N) is 1. The first-order chi connectivity index (χ1) is 9.64. The Bertz CT molecular complexity index is 603. The number of benzene rings is 1. The maximum Gasteiger partial charge on any atom is 0.573 e. The first-order valence-corrected chi connectivity index (χ1v) is 7.01. The number of nitrogens with one attached hydrogen (secondary N) is 1. The molecule has 1 aliphatic carbocycles. The van der Waals surface area contributed by atoms with E-state index in [1.807, 2.05) is 0 Å². The van der Waals surface area contributed by atoms with Crippen LogP contribution < -0.4 is 15.8 Å². The summed E-state index contributed by atoms with van der Waals surface area (Å²) in [6.07, 6.45) is -3.63. The standard InChI is InChI=1S/C12H10BrF3N2O2S/c13-7-5-6(1-2-8(7)20-12(14,15)16)18-10(19)11(3-4-11)9(17)21/h1-2,5H,3-4H2,(H2,17,21)(H,18,19). The summed E-state index contributed by atoms with van der Waals surface area (Å²) in [5.41, 5.74) is 5.02. The molecule has 0 aromatic heterocycles. The zero-order valence-electron chi connectivity index (χ0n) is 10.5. The molecule has 2 rings (SSSR count). The van der Waals surface area contributed by atoms with Crippen molar-refractivity contribution < 1.29 is 22.7 Å². The first kappa shape index (κ1) is 16.0. The van der Waals surface area contributed by atoms with E-state index in [0.29, 0.717) is 18.5 Å². The second-order valence-corrected chi connectivity index (χ2v) is 5.89. The molecule has 114 valence electrons. The molecule has 0 bridgehead atoms. The Kier molecular flexibility index (Phi) is 4.16. The summed E-state index contributed by atoms with van der Waals surface area (Å²) in [5.74, 6) is -0.748. The minimum absolute atomic E-state index is 0.0674. The molecule has 0 spiro atoms. The molecule has 1 saturated carbocycles. The average molecular weight is 383 g/mol. The predicted molar refractivity (Wildman–Crippen MR) is 77.9 cm³/mol. The Balaban J connectivity index is 2.11. The molecular formula is C12H10BrF3N2O2S. The van der Waals surface area contributed by atoms with Gasteiger partial charge in [-0.25, -0.2) is 0 Å². The summed E-state index contributed by atoms with van der Waals surface area (Å²) in [4.78, 5) is 12.2. The molecule has 1 fully saturated rings. The molecule has 0 aliphatic heterocycles. The Hall–Kier alpha value is -1.35. The Morgan fingerprint density at radius 1 is 1.43 bits per heavy atom. The highest BCUT2D eigenvalue weighted by Crippen LogP contribution is 2.47. The number of carbonyl (C=O) groups is 1. The normalized spacial score (nSPS) is 16.2. The van der Waals surface area contributed by atoms with E-state index in [2.05, 4.69) is 26.0 Å². The van der Waals surface area contributed by atoms with Gasteiger partial charge >= 0.3 is 6.36 Å². The zero-order valence-corrected chi connectivity index (χ0v) is 12.9. The second kappa shape index (κ2) is 5.45. The largest absolute Gasteiger partial charge is 0.573 e. The van der Waals surface area contributed by atoms with Gasteiger partial charge in [0, 0.05) is 5.69 Å². The van der Waals surface area contributed by atoms with Crippen LogP contribution in [0, 0.1) is 5.41 Å². The summed E-state index contributed by atoms with van der Waals surface area (Å²) in [7, 11) is 0. The van der Waals surface area contributed by atoms with Crippen LogP contribution >= 0.6 is 28.1 Å². The van der Waals surface area contributed by atoms with E-state index in [1.165, 1.54) is 12.1 Å². The molecule has 9 heteroatoms. The van der Waals surface area contributed by atoms with Crippen LogP contribution in [0.1, 0.15) is 12.8 Å².